The highest BCUT2D eigenvalue weighted by molar-refractivity contribution is 4.53. The van der Waals surface area contributed by atoms with E-state index in [9.17, 15) is 0 Å². The van der Waals surface area contributed by atoms with Crippen molar-refractivity contribution in [2.45, 2.75) is 32.5 Å². The Kier molecular flexibility index (Phi) is 4.85. The van der Waals surface area contributed by atoms with Gasteiger partial charge < -0.3 is 14.0 Å². The van der Waals surface area contributed by atoms with Gasteiger partial charge in [-0.25, -0.2) is 0 Å². The molecule has 0 aromatic rings. The van der Waals surface area contributed by atoms with Crippen molar-refractivity contribution in [3.8, 4) is 0 Å². The summed E-state index contributed by atoms with van der Waals surface area (Å²) >= 11 is 0. The Labute approximate surface area is 87.6 Å². The van der Waals surface area contributed by atoms with E-state index in [2.05, 4.69) is 7.05 Å². The van der Waals surface area contributed by atoms with Gasteiger partial charge in [0.1, 0.15) is 6.54 Å². The van der Waals surface area contributed by atoms with E-state index >= 15 is 0 Å². The molecule has 0 aromatic carbocycles. The molecule has 1 heterocycles. The molecule has 0 aliphatic carbocycles. The molecule has 0 aromatic heterocycles. The van der Waals surface area contributed by atoms with Crippen molar-refractivity contribution >= 4 is 0 Å². The maximum atomic E-state index is 5.52. The van der Waals surface area contributed by atoms with E-state index in [4.69, 9.17) is 9.47 Å². The van der Waals surface area contributed by atoms with Crippen LogP contribution in [-0.2, 0) is 9.47 Å². The molecule has 0 bridgehead atoms. The monoisotopic (exact) mass is 202 g/mol. The lowest BCUT2D eigenvalue weighted by atomic mass is 10.1. The summed E-state index contributed by atoms with van der Waals surface area (Å²) in [4.78, 5) is 0. The zero-order valence-corrected chi connectivity index (χ0v) is 9.79. The van der Waals surface area contributed by atoms with Crippen LogP contribution < -0.4 is 0 Å². The fourth-order valence-corrected chi connectivity index (χ4v) is 2.20. The van der Waals surface area contributed by atoms with Gasteiger partial charge in [0.25, 0.3) is 0 Å². The van der Waals surface area contributed by atoms with Crippen molar-refractivity contribution in [2.24, 2.45) is 0 Å². The average Bonchev–Trinajstić information content (AvgIpc) is 2.18. The normalized spacial score (nSPS) is 23.4. The van der Waals surface area contributed by atoms with Crippen LogP contribution in [0.4, 0.5) is 0 Å². The minimum Gasteiger partial charge on any atom is -0.351 e. The summed E-state index contributed by atoms with van der Waals surface area (Å²) in [7, 11) is 4.04. The van der Waals surface area contributed by atoms with E-state index in [1.54, 1.807) is 7.11 Å². The van der Waals surface area contributed by atoms with Crippen LogP contribution in [0.3, 0.4) is 0 Å². The van der Waals surface area contributed by atoms with Gasteiger partial charge in [0.05, 0.1) is 20.1 Å². The number of quaternary nitrogens is 1. The highest BCUT2D eigenvalue weighted by Gasteiger charge is 2.28. The molecule has 1 aliphatic heterocycles. The molecule has 14 heavy (non-hydrogen) atoms. The molecule has 1 rings (SSSR count). The third-order valence-electron chi connectivity index (χ3n) is 3.10. The smallest absolute Gasteiger partial charge is 0.207 e. The molecule has 3 heteroatoms. The Morgan fingerprint density at radius 3 is 2.36 bits per heavy atom. The standard InChI is InChI=1S/C11H24NO2/c1-4-14-11(13-3)10-12(2)8-6-5-7-9-12/h11H,4-10H2,1-3H3/q+1. The molecule has 0 amide bonds. The lowest BCUT2D eigenvalue weighted by molar-refractivity contribution is -0.919. The van der Waals surface area contributed by atoms with Crippen LogP contribution in [0, 0.1) is 0 Å². The highest BCUT2D eigenvalue weighted by Crippen LogP contribution is 2.17. The van der Waals surface area contributed by atoms with Gasteiger partial charge >= 0.3 is 0 Å². The van der Waals surface area contributed by atoms with E-state index in [0.717, 1.165) is 17.6 Å². The molecule has 0 saturated carbocycles. The van der Waals surface area contributed by atoms with Crippen LogP contribution in [0.1, 0.15) is 26.2 Å². The third kappa shape index (κ3) is 3.56. The average molecular weight is 202 g/mol. The number of ether oxygens (including phenoxy) is 2. The van der Waals surface area contributed by atoms with E-state index < -0.39 is 0 Å². The highest BCUT2D eigenvalue weighted by atomic mass is 16.7. The van der Waals surface area contributed by atoms with E-state index in [-0.39, 0.29) is 6.29 Å². The number of piperidine rings is 1. The predicted molar refractivity (Wildman–Crippen MR) is 57.1 cm³/mol. The second kappa shape index (κ2) is 5.69. The van der Waals surface area contributed by atoms with Gasteiger partial charge in [0.2, 0.25) is 6.29 Å². The summed E-state index contributed by atoms with van der Waals surface area (Å²) in [5.41, 5.74) is 0. The number of rotatable bonds is 5. The molecule has 3 nitrogen and oxygen atoms in total. The number of methoxy groups -OCH3 is 1. The first-order chi connectivity index (χ1) is 6.70. The van der Waals surface area contributed by atoms with Gasteiger partial charge in [0, 0.05) is 13.7 Å². The van der Waals surface area contributed by atoms with Gasteiger partial charge in [0.15, 0.2) is 0 Å². The first kappa shape index (κ1) is 12.0. The second-order valence-corrected chi connectivity index (χ2v) is 4.43. The van der Waals surface area contributed by atoms with Crippen molar-refractivity contribution in [1.29, 1.82) is 0 Å². The third-order valence-corrected chi connectivity index (χ3v) is 3.10. The number of hydrogen-bond acceptors (Lipinski definition) is 2. The number of hydrogen-bond donors (Lipinski definition) is 0. The number of likely N-dealkylation sites (tertiary alicyclic amines) is 1. The fourth-order valence-electron chi connectivity index (χ4n) is 2.20. The lowest BCUT2D eigenvalue weighted by Gasteiger charge is -2.39. The SMILES string of the molecule is CCOC(C[N+]1(C)CCCCC1)OC. The summed E-state index contributed by atoms with van der Waals surface area (Å²) < 4.78 is 12.0. The molecule has 1 aliphatic rings. The number of likely N-dealkylation sites (N-methyl/N-ethyl adjacent to an activating group) is 1. The summed E-state index contributed by atoms with van der Waals surface area (Å²) in [6.07, 6.45) is 4.06. The largest absolute Gasteiger partial charge is 0.351 e. The van der Waals surface area contributed by atoms with Crippen LogP contribution in [0.2, 0.25) is 0 Å². The van der Waals surface area contributed by atoms with Gasteiger partial charge in [-0.3, -0.25) is 0 Å². The summed E-state index contributed by atoms with van der Waals surface area (Å²) in [5, 5.41) is 0. The summed E-state index contributed by atoms with van der Waals surface area (Å²) in [5.74, 6) is 0. The molecule has 1 saturated heterocycles. The minimum atomic E-state index is -0.0249. The molecule has 1 unspecified atom stereocenters. The van der Waals surface area contributed by atoms with Crippen LogP contribution in [-0.4, -0.2) is 51.2 Å². The van der Waals surface area contributed by atoms with Crippen LogP contribution in [0.25, 0.3) is 0 Å². The van der Waals surface area contributed by atoms with Gasteiger partial charge in [-0.1, -0.05) is 0 Å². The molecule has 84 valence electrons. The zero-order valence-electron chi connectivity index (χ0n) is 9.79. The quantitative estimate of drug-likeness (QED) is 0.498. The first-order valence-electron chi connectivity index (χ1n) is 5.68. The van der Waals surface area contributed by atoms with Crippen LogP contribution >= 0.6 is 0 Å². The molecule has 1 fully saturated rings. The van der Waals surface area contributed by atoms with Crippen molar-refractivity contribution in [1.82, 2.24) is 0 Å². The Balaban J connectivity index is 2.38. The van der Waals surface area contributed by atoms with Crippen LogP contribution in [0.15, 0.2) is 0 Å². The maximum Gasteiger partial charge on any atom is 0.207 e. The lowest BCUT2D eigenvalue weighted by Crippen LogP contribution is -2.52. The van der Waals surface area contributed by atoms with Gasteiger partial charge in [-0.15, -0.1) is 0 Å². The van der Waals surface area contributed by atoms with Crippen molar-refractivity contribution in [3.05, 3.63) is 0 Å². The Hall–Kier alpha value is -0.120. The van der Waals surface area contributed by atoms with E-state index in [0.29, 0.717) is 0 Å². The Bertz CT molecular complexity index is 155. The zero-order chi connectivity index (χ0) is 10.4. The molecule has 0 spiro atoms. The van der Waals surface area contributed by atoms with Crippen LogP contribution in [0.5, 0.6) is 0 Å². The minimum absolute atomic E-state index is 0.0249. The molecular formula is C11H24NO2+. The topological polar surface area (TPSA) is 18.5 Å². The summed E-state index contributed by atoms with van der Waals surface area (Å²) in [6.45, 7) is 6.28. The first-order valence-corrected chi connectivity index (χ1v) is 5.68. The maximum absolute atomic E-state index is 5.52. The Morgan fingerprint density at radius 1 is 1.21 bits per heavy atom. The molecular weight excluding hydrogens is 178 g/mol. The summed E-state index contributed by atoms with van der Waals surface area (Å²) in [6, 6.07) is 0. The molecule has 1 atom stereocenters. The predicted octanol–water partition coefficient (Wildman–Crippen LogP) is 1.63. The van der Waals surface area contributed by atoms with Crippen molar-refractivity contribution < 1.29 is 14.0 Å². The number of nitrogens with zero attached hydrogens (tertiary/aromatic N) is 1. The Morgan fingerprint density at radius 2 is 1.86 bits per heavy atom. The van der Waals surface area contributed by atoms with Gasteiger partial charge in [-0.05, 0) is 26.2 Å². The van der Waals surface area contributed by atoms with E-state index in [1.165, 1.54) is 32.4 Å². The van der Waals surface area contributed by atoms with Crippen molar-refractivity contribution in [3.63, 3.8) is 0 Å². The van der Waals surface area contributed by atoms with Crippen molar-refractivity contribution in [2.75, 3.05) is 40.4 Å². The molecule has 0 N–H and O–H groups in total. The van der Waals surface area contributed by atoms with Gasteiger partial charge in [-0.2, -0.15) is 0 Å². The van der Waals surface area contributed by atoms with E-state index in [1.807, 2.05) is 6.92 Å². The fraction of sp³-hybridized carbons (Fsp3) is 1.00. The molecule has 0 radical (unpaired) electrons. The second-order valence-electron chi connectivity index (χ2n) is 4.43.